The summed E-state index contributed by atoms with van der Waals surface area (Å²) in [7, 11) is -2.84. The Hall–Kier alpha value is -1.19. The Balaban J connectivity index is 2.32. The molecular weight excluding hydrogens is 284 g/mol. The molecular formula is C12H18N2O5S. The van der Waals surface area contributed by atoms with Gasteiger partial charge in [-0.3, -0.25) is 4.18 Å². The summed E-state index contributed by atoms with van der Waals surface area (Å²) in [5, 5.41) is 0. The van der Waals surface area contributed by atoms with Crippen molar-refractivity contribution in [2.45, 2.75) is 32.0 Å². The first kappa shape index (κ1) is 15.2. The van der Waals surface area contributed by atoms with Gasteiger partial charge in [-0.25, -0.2) is 0 Å². The average molecular weight is 302 g/mol. The molecule has 1 heterocycles. The maximum atomic E-state index is 11.5. The predicted molar refractivity (Wildman–Crippen MR) is 72.7 cm³/mol. The van der Waals surface area contributed by atoms with Crippen molar-refractivity contribution < 1.29 is 22.1 Å². The summed E-state index contributed by atoms with van der Waals surface area (Å²) in [5.41, 5.74) is 7.06. The summed E-state index contributed by atoms with van der Waals surface area (Å²) < 4.78 is 41.0. The Kier molecular flexibility index (Phi) is 4.03. The zero-order chi connectivity index (χ0) is 15.0. The van der Waals surface area contributed by atoms with Gasteiger partial charge in [0.25, 0.3) is 0 Å². The van der Waals surface area contributed by atoms with Gasteiger partial charge >= 0.3 is 10.3 Å². The van der Waals surface area contributed by atoms with Crippen LogP contribution in [0.25, 0.3) is 0 Å². The van der Waals surface area contributed by atoms with Crippen LogP contribution in [0.1, 0.15) is 25.5 Å². The minimum absolute atomic E-state index is 0.500. The van der Waals surface area contributed by atoms with E-state index < -0.39 is 28.4 Å². The van der Waals surface area contributed by atoms with E-state index in [0.29, 0.717) is 11.3 Å². The highest BCUT2D eigenvalue weighted by atomic mass is 32.2. The van der Waals surface area contributed by atoms with Crippen molar-refractivity contribution in [1.82, 2.24) is 4.72 Å². The molecule has 2 rings (SSSR count). The number of anilines is 1. The molecule has 0 unspecified atom stereocenters. The van der Waals surface area contributed by atoms with Crippen LogP contribution in [0.4, 0.5) is 5.69 Å². The molecule has 1 aromatic rings. The minimum atomic E-state index is -3.90. The molecule has 1 fully saturated rings. The smallest absolute Gasteiger partial charge is 0.337 e. The number of ether oxygens (including phenoxy) is 2. The molecule has 112 valence electrons. The van der Waals surface area contributed by atoms with Crippen molar-refractivity contribution in [3.8, 4) is 0 Å². The van der Waals surface area contributed by atoms with Crippen LogP contribution in [-0.2, 0) is 24.0 Å². The van der Waals surface area contributed by atoms with E-state index in [1.807, 2.05) is 0 Å². The summed E-state index contributed by atoms with van der Waals surface area (Å²) in [6.07, 6.45) is -1.57. The second-order valence-electron chi connectivity index (χ2n) is 4.84. The van der Waals surface area contributed by atoms with Crippen molar-refractivity contribution in [3.05, 3.63) is 29.8 Å². The first-order chi connectivity index (χ1) is 9.24. The van der Waals surface area contributed by atoms with E-state index >= 15 is 0 Å². The van der Waals surface area contributed by atoms with Crippen molar-refractivity contribution in [3.63, 3.8) is 0 Å². The van der Waals surface area contributed by atoms with Gasteiger partial charge in [0.2, 0.25) is 0 Å². The van der Waals surface area contributed by atoms with Crippen molar-refractivity contribution in [1.29, 1.82) is 0 Å². The SMILES string of the molecule is COS(=O)(=O)N[C@H]1OC(C)(C)O[C@H]1c1ccccc1N. The molecule has 0 amide bonds. The molecule has 0 aromatic heterocycles. The number of nitrogens with two attached hydrogens (primary N) is 1. The Labute approximate surface area is 118 Å². The van der Waals surface area contributed by atoms with Crippen LogP contribution in [0.2, 0.25) is 0 Å². The third-order valence-electron chi connectivity index (χ3n) is 2.88. The van der Waals surface area contributed by atoms with E-state index in [2.05, 4.69) is 8.91 Å². The summed E-state index contributed by atoms with van der Waals surface area (Å²) in [6.45, 7) is 3.39. The average Bonchev–Trinajstić information content (AvgIpc) is 2.64. The van der Waals surface area contributed by atoms with Crippen molar-refractivity contribution >= 4 is 16.0 Å². The highest BCUT2D eigenvalue weighted by molar-refractivity contribution is 7.84. The predicted octanol–water partition coefficient (Wildman–Crippen LogP) is 0.900. The Morgan fingerprint density at radius 2 is 1.95 bits per heavy atom. The van der Waals surface area contributed by atoms with Gasteiger partial charge in [-0.1, -0.05) is 18.2 Å². The summed E-state index contributed by atoms with van der Waals surface area (Å²) >= 11 is 0. The zero-order valence-electron chi connectivity index (χ0n) is 11.5. The summed E-state index contributed by atoms with van der Waals surface area (Å²) in [6, 6.07) is 7.06. The fourth-order valence-corrected chi connectivity index (χ4v) is 2.59. The molecule has 20 heavy (non-hydrogen) atoms. The molecule has 1 aromatic carbocycles. The van der Waals surface area contributed by atoms with Gasteiger partial charge in [0.05, 0.1) is 7.11 Å². The fourth-order valence-electron chi connectivity index (χ4n) is 2.04. The number of nitrogen functional groups attached to an aromatic ring is 1. The van der Waals surface area contributed by atoms with Gasteiger partial charge < -0.3 is 15.2 Å². The third kappa shape index (κ3) is 3.28. The molecule has 1 saturated heterocycles. The molecule has 0 saturated carbocycles. The van der Waals surface area contributed by atoms with Gasteiger partial charge in [-0.15, -0.1) is 0 Å². The normalized spacial score (nSPS) is 25.8. The van der Waals surface area contributed by atoms with E-state index in [1.54, 1.807) is 38.1 Å². The Morgan fingerprint density at radius 3 is 2.55 bits per heavy atom. The molecule has 1 aliphatic heterocycles. The van der Waals surface area contributed by atoms with Gasteiger partial charge in [0.1, 0.15) is 6.10 Å². The first-order valence-electron chi connectivity index (χ1n) is 6.02. The van der Waals surface area contributed by atoms with Crippen LogP contribution >= 0.6 is 0 Å². The van der Waals surface area contributed by atoms with Gasteiger partial charge in [0.15, 0.2) is 12.0 Å². The van der Waals surface area contributed by atoms with E-state index in [-0.39, 0.29) is 0 Å². The van der Waals surface area contributed by atoms with E-state index in [9.17, 15) is 8.42 Å². The monoisotopic (exact) mass is 302 g/mol. The highest BCUT2D eigenvalue weighted by Crippen LogP contribution is 2.39. The summed E-state index contributed by atoms with van der Waals surface area (Å²) in [5.74, 6) is -0.937. The Morgan fingerprint density at radius 1 is 1.30 bits per heavy atom. The number of benzene rings is 1. The lowest BCUT2D eigenvalue weighted by Gasteiger charge is -2.19. The lowest BCUT2D eigenvalue weighted by molar-refractivity contribution is -0.147. The largest absolute Gasteiger partial charge is 0.398 e. The van der Waals surface area contributed by atoms with Crippen molar-refractivity contribution in [2.75, 3.05) is 12.8 Å². The second-order valence-corrected chi connectivity index (χ2v) is 6.32. The van der Waals surface area contributed by atoms with Crippen LogP contribution in [0.15, 0.2) is 24.3 Å². The first-order valence-corrected chi connectivity index (χ1v) is 7.43. The van der Waals surface area contributed by atoms with Crippen LogP contribution in [-0.4, -0.2) is 27.5 Å². The van der Waals surface area contributed by atoms with Crippen LogP contribution in [0.3, 0.4) is 0 Å². The number of rotatable bonds is 4. The summed E-state index contributed by atoms with van der Waals surface area (Å²) in [4.78, 5) is 0. The second kappa shape index (κ2) is 5.30. The zero-order valence-corrected chi connectivity index (χ0v) is 12.3. The highest BCUT2D eigenvalue weighted by Gasteiger charge is 2.44. The van der Waals surface area contributed by atoms with E-state index in [0.717, 1.165) is 7.11 Å². The van der Waals surface area contributed by atoms with E-state index in [1.165, 1.54) is 0 Å². The molecule has 3 N–H and O–H groups in total. The number of nitrogens with one attached hydrogen (secondary N) is 1. The van der Waals surface area contributed by atoms with Crippen LogP contribution < -0.4 is 10.5 Å². The van der Waals surface area contributed by atoms with E-state index in [4.69, 9.17) is 15.2 Å². The van der Waals surface area contributed by atoms with Crippen LogP contribution in [0, 0.1) is 0 Å². The third-order valence-corrected chi connectivity index (χ3v) is 3.84. The molecule has 0 aliphatic carbocycles. The van der Waals surface area contributed by atoms with Gasteiger partial charge in [-0.2, -0.15) is 13.1 Å². The molecule has 1 aliphatic rings. The molecule has 7 nitrogen and oxygen atoms in total. The van der Waals surface area contributed by atoms with Crippen molar-refractivity contribution in [2.24, 2.45) is 0 Å². The van der Waals surface area contributed by atoms with Crippen LogP contribution in [0.5, 0.6) is 0 Å². The van der Waals surface area contributed by atoms with Gasteiger partial charge in [0, 0.05) is 11.3 Å². The maximum absolute atomic E-state index is 11.5. The lowest BCUT2D eigenvalue weighted by Crippen LogP contribution is -2.39. The minimum Gasteiger partial charge on any atom is -0.398 e. The number of hydrogen-bond donors (Lipinski definition) is 2. The number of hydrogen-bond acceptors (Lipinski definition) is 6. The fraction of sp³-hybridized carbons (Fsp3) is 0.500. The standard InChI is InChI=1S/C12H18N2O5S/c1-12(2)18-10(8-6-4-5-7-9(8)13)11(19-12)14-20(15,16)17-3/h4-7,10-11,14H,13H2,1-3H3/t10-,11-/m0/s1. The molecule has 0 bridgehead atoms. The quantitative estimate of drug-likeness (QED) is 0.802. The lowest BCUT2D eigenvalue weighted by atomic mass is 10.1. The number of para-hydroxylation sites is 1. The van der Waals surface area contributed by atoms with Gasteiger partial charge in [-0.05, 0) is 19.9 Å². The Bertz CT molecular complexity index is 587. The molecule has 2 atom stereocenters. The maximum Gasteiger partial charge on any atom is 0.337 e. The topological polar surface area (TPSA) is 99.9 Å². The molecule has 0 radical (unpaired) electrons. The molecule has 0 spiro atoms. The molecule has 8 heteroatoms.